The molecule has 0 aliphatic carbocycles. The summed E-state index contributed by atoms with van der Waals surface area (Å²) in [4.78, 5) is 34.6. The number of benzene rings is 1. The Hall–Kier alpha value is -1.71. The molecule has 1 aromatic rings. The topological polar surface area (TPSA) is 116 Å². The van der Waals surface area contributed by atoms with Gasteiger partial charge in [-0.3, -0.25) is 14.4 Å². The molecule has 0 aliphatic rings. The van der Waals surface area contributed by atoms with Gasteiger partial charge in [0.2, 0.25) is 0 Å². The molecule has 0 unspecified atom stereocenters. The van der Waals surface area contributed by atoms with E-state index in [2.05, 4.69) is 5.32 Å². The zero-order valence-electron chi connectivity index (χ0n) is 16.8. The van der Waals surface area contributed by atoms with Crippen LogP contribution in [-0.2, 0) is 33.7 Å². The van der Waals surface area contributed by atoms with Gasteiger partial charge in [-0.1, -0.05) is 48.0 Å². The van der Waals surface area contributed by atoms with E-state index < -0.39 is 44.7 Å². The molecular formula is C18H21B2Cl2NO7S. The van der Waals surface area contributed by atoms with E-state index in [4.69, 9.17) is 48.4 Å². The van der Waals surface area contributed by atoms with Crippen LogP contribution in [0.4, 0.5) is 0 Å². The predicted octanol–water partition coefficient (Wildman–Crippen LogP) is 1.46. The van der Waals surface area contributed by atoms with Crippen LogP contribution in [0.2, 0.25) is 12.6 Å². The fraction of sp³-hybridized carbons (Fsp3) is 0.500. The highest BCUT2D eigenvalue weighted by atomic mass is 35.5. The van der Waals surface area contributed by atoms with Crippen molar-refractivity contribution in [1.29, 1.82) is 0 Å². The number of ether oxygens (including phenoxy) is 2. The normalized spacial score (nSPS) is 13.3. The quantitative estimate of drug-likeness (QED) is 0.269. The van der Waals surface area contributed by atoms with Gasteiger partial charge in [0.1, 0.15) is 12.6 Å². The van der Waals surface area contributed by atoms with Crippen LogP contribution in [0.1, 0.15) is 24.5 Å². The van der Waals surface area contributed by atoms with Crippen LogP contribution < -0.4 is 5.32 Å². The van der Waals surface area contributed by atoms with Crippen molar-refractivity contribution in [2.75, 3.05) is 12.9 Å². The molecule has 0 aliphatic heterocycles. The lowest BCUT2D eigenvalue weighted by Gasteiger charge is -2.28. The number of halogens is 2. The van der Waals surface area contributed by atoms with Crippen molar-refractivity contribution < 1.29 is 32.3 Å². The summed E-state index contributed by atoms with van der Waals surface area (Å²) in [6.07, 6.45) is -0.208. The van der Waals surface area contributed by atoms with Gasteiger partial charge in [0.15, 0.2) is 20.8 Å². The Bertz CT molecular complexity index is 866. The van der Waals surface area contributed by atoms with Crippen LogP contribution in [0.15, 0.2) is 29.2 Å². The molecule has 0 bridgehead atoms. The molecular weight excluding hydrogens is 467 g/mol. The van der Waals surface area contributed by atoms with Crippen LogP contribution in [0.5, 0.6) is 0 Å². The lowest BCUT2D eigenvalue weighted by molar-refractivity contribution is -0.154. The molecule has 0 fully saturated rings. The van der Waals surface area contributed by atoms with Gasteiger partial charge >= 0.3 is 11.9 Å². The lowest BCUT2D eigenvalue weighted by Crippen LogP contribution is -2.46. The SMILES string of the molecule is [B]CCC(=O)OC[C@@H](NC(=O)C(Cl)Cl)[C@H](OC(=O)CC[B])c1ccc(S(C)(=O)=O)cc1. The van der Waals surface area contributed by atoms with Gasteiger partial charge in [-0.15, -0.1) is 0 Å². The van der Waals surface area contributed by atoms with Crippen molar-refractivity contribution >= 4 is 66.6 Å². The third kappa shape index (κ3) is 9.53. The minimum absolute atomic E-state index is 0.0204. The van der Waals surface area contributed by atoms with Crippen molar-refractivity contribution in [3.8, 4) is 0 Å². The molecule has 31 heavy (non-hydrogen) atoms. The monoisotopic (exact) mass is 487 g/mol. The van der Waals surface area contributed by atoms with E-state index in [0.29, 0.717) is 5.56 Å². The average molecular weight is 488 g/mol. The van der Waals surface area contributed by atoms with Gasteiger partial charge in [-0.2, -0.15) is 0 Å². The minimum Gasteiger partial charge on any atom is -0.463 e. The number of rotatable bonds is 12. The summed E-state index contributed by atoms with van der Waals surface area (Å²) in [5.74, 6) is -2.12. The molecule has 13 heteroatoms. The van der Waals surface area contributed by atoms with Crippen molar-refractivity contribution in [1.82, 2.24) is 5.32 Å². The summed E-state index contributed by atoms with van der Waals surface area (Å²) in [6.45, 7) is -0.389. The van der Waals surface area contributed by atoms with E-state index >= 15 is 0 Å². The number of carbonyl (C=O) groups is 3. The number of alkyl halides is 2. The van der Waals surface area contributed by atoms with Crippen LogP contribution in [0.25, 0.3) is 0 Å². The Morgan fingerprint density at radius 1 is 1.03 bits per heavy atom. The number of hydrogen-bond donors (Lipinski definition) is 1. The molecule has 166 valence electrons. The zero-order chi connectivity index (χ0) is 23.6. The molecule has 0 spiro atoms. The maximum absolute atomic E-state index is 12.1. The summed E-state index contributed by atoms with van der Waals surface area (Å²) in [5, 5.41) is 2.47. The lowest BCUT2D eigenvalue weighted by atomic mass is 10.0. The number of amides is 1. The summed E-state index contributed by atoms with van der Waals surface area (Å²) in [6, 6.07) is 4.38. The Kier molecular flexibility index (Phi) is 11.4. The summed E-state index contributed by atoms with van der Waals surface area (Å²) < 4.78 is 34.0. The Labute approximate surface area is 194 Å². The van der Waals surface area contributed by atoms with Gasteiger partial charge in [0, 0.05) is 19.1 Å². The van der Waals surface area contributed by atoms with Crippen molar-refractivity contribution in [2.24, 2.45) is 0 Å². The second-order valence-corrected chi connectivity index (χ2v) is 9.54. The highest BCUT2D eigenvalue weighted by Gasteiger charge is 2.31. The van der Waals surface area contributed by atoms with E-state index in [-0.39, 0.29) is 37.0 Å². The van der Waals surface area contributed by atoms with Gasteiger partial charge < -0.3 is 14.8 Å². The summed E-state index contributed by atoms with van der Waals surface area (Å²) in [5.41, 5.74) is 0.332. The minimum atomic E-state index is -3.47. The van der Waals surface area contributed by atoms with E-state index in [0.717, 1.165) is 6.26 Å². The second-order valence-electron chi connectivity index (χ2n) is 6.43. The second kappa shape index (κ2) is 13.0. The molecule has 1 amide bonds. The number of esters is 2. The van der Waals surface area contributed by atoms with Crippen LogP contribution >= 0.6 is 23.2 Å². The van der Waals surface area contributed by atoms with E-state index in [1.165, 1.54) is 24.3 Å². The van der Waals surface area contributed by atoms with Crippen LogP contribution in [-0.4, -0.2) is 65.7 Å². The fourth-order valence-electron chi connectivity index (χ4n) is 2.43. The zero-order valence-corrected chi connectivity index (χ0v) is 19.1. The van der Waals surface area contributed by atoms with E-state index in [1.54, 1.807) is 0 Å². The molecule has 0 aromatic heterocycles. The van der Waals surface area contributed by atoms with Crippen molar-refractivity contribution in [3.63, 3.8) is 0 Å². The maximum Gasteiger partial charge on any atom is 0.305 e. The summed E-state index contributed by atoms with van der Waals surface area (Å²) >= 11 is 11.2. The molecule has 2 atom stereocenters. The molecule has 1 rings (SSSR count). The highest BCUT2D eigenvalue weighted by Crippen LogP contribution is 2.25. The molecule has 1 aromatic carbocycles. The number of carbonyl (C=O) groups excluding carboxylic acids is 3. The first-order valence-corrected chi connectivity index (χ1v) is 11.9. The molecule has 0 heterocycles. The first-order valence-electron chi connectivity index (χ1n) is 9.13. The molecule has 4 radical (unpaired) electrons. The Morgan fingerprint density at radius 3 is 2.06 bits per heavy atom. The Morgan fingerprint density at radius 2 is 1.58 bits per heavy atom. The van der Waals surface area contributed by atoms with Gasteiger partial charge in [0.05, 0.1) is 20.6 Å². The standard InChI is InChI=1S/C18H21B2Cl2NO7S/c1-31(27,28)12-4-2-11(3-5-12)16(30-15(25)7-9-20)13(23-18(26)17(21)22)10-29-14(24)6-8-19/h2-5,13,16-17H,6-10H2,1H3,(H,23,26)/t13-,16-/m1/s1. The number of hydrogen-bond acceptors (Lipinski definition) is 7. The van der Waals surface area contributed by atoms with Gasteiger partial charge in [-0.25, -0.2) is 8.42 Å². The van der Waals surface area contributed by atoms with E-state index in [9.17, 15) is 22.8 Å². The van der Waals surface area contributed by atoms with E-state index in [1.807, 2.05) is 0 Å². The van der Waals surface area contributed by atoms with Crippen molar-refractivity contribution in [2.45, 2.75) is 47.4 Å². The maximum atomic E-state index is 12.1. The smallest absolute Gasteiger partial charge is 0.305 e. The number of sulfone groups is 1. The van der Waals surface area contributed by atoms with Crippen molar-refractivity contribution in [3.05, 3.63) is 29.8 Å². The molecule has 0 saturated carbocycles. The van der Waals surface area contributed by atoms with Gasteiger partial charge in [-0.05, 0) is 17.7 Å². The molecule has 0 saturated heterocycles. The average Bonchev–Trinajstić information content (AvgIpc) is 2.69. The predicted molar refractivity (Wildman–Crippen MR) is 117 cm³/mol. The number of nitrogens with one attached hydrogen (secondary N) is 1. The fourth-order valence-corrected chi connectivity index (χ4v) is 3.19. The largest absolute Gasteiger partial charge is 0.463 e. The van der Waals surface area contributed by atoms with Gasteiger partial charge in [0.25, 0.3) is 5.91 Å². The van der Waals surface area contributed by atoms with Crippen LogP contribution in [0, 0.1) is 0 Å². The Balaban J connectivity index is 3.29. The third-order valence-corrected chi connectivity index (χ3v) is 5.43. The molecule has 1 N–H and O–H groups in total. The first kappa shape index (κ1) is 27.3. The highest BCUT2D eigenvalue weighted by molar-refractivity contribution is 7.90. The summed E-state index contributed by atoms with van der Waals surface area (Å²) in [7, 11) is 7.24. The third-order valence-electron chi connectivity index (χ3n) is 3.91. The first-order chi connectivity index (χ1) is 14.5. The molecule has 8 nitrogen and oxygen atoms in total. The van der Waals surface area contributed by atoms with Crippen LogP contribution in [0.3, 0.4) is 0 Å².